The molecule has 0 unspecified atom stereocenters. The van der Waals surface area contributed by atoms with Gasteiger partial charge in [-0.05, 0) is 31.9 Å². The van der Waals surface area contributed by atoms with Crippen molar-refractivity contribution in [3.05, 3.63) is 46.5 Å². The molecule has 1 aliphatic rings. The van der Waals surface area contributed by atoms with Crippen LogP contribution in [-0.2, 0) is 6.42 Å². The number of aryl methyl sites for hydroxylation is 2. The van der Waals surface area contributed by atoms with E-state index in [1.807, 2.05) is 11.3 Å². The normalized spacial score (nSPS) is 13.8. The monoisotopic (exact) mass is 227 g/mol. The summed E-state index contributed by atoms with van der Waals surface area (Å²) in [6.45, 7) is 2.12. The van der Waals surface area contributed by atoms with Crippen LogP contribution in [0.5, 0.6) is 0 Å². The Bertz CT molecular complexity index is 552. The summed E-state index contributed by atoms with van der Waals surface area (Å²) in [7, 11) is 0. The number of rotatable bonds is 1. The molecular formula is C14H13NS. The van der Waals surface area contributed by atoms with Gasteiger partial charge < -0.3 is 0 Å². The van der Waals surface area contributed by atoms with Gasteiger partial charge in [-0.2, -0.15) is 0 Å². The van der Waals surface area contributed by atoms with Crippen molar-refractivity contribution in [3.63, 3.8) is 0 Å². The van der Waals surface area contributed by atoms with Crippen LogP contribution in [0, 0.1) is 6.92 Å². The molecule has 1 heterocycles. The summed E-state index contributed by atoms with van der Waals surface area (Å²) < 4.78 is 0. The predicted molar refractivity (Wildman–Crippen MR) is 69.6 cm³/mol. The van der Waals surface area contributed by atoms with E-state index in [2.05, 4.69) is 43.3 Å². The molecule has 3 rings (SSSR count). The molecular weight excluding hydrogens is 214 g/mol. The zero-order valence-corrected chi connectivity index (χ0v) is 10.1. The Kier molecular flexibility index (Phi) is 2.37. The zero-order valence-electron chi connectivity index (χ0n) is 9.23. The van der Waals surface area contributed by atoms with Gasteiger partial charge in [-0.15, -0.1) is 11.3 Å². The van der Waals surface area contributed by atoms with Gasteiger partial charge in [-0.25, -0.2) is 4.98 Å². The van der Waals surface area contributed by atoms with E-state index >= 15 is 0 Å². The number of hydrogen-bond donors (Lipinski definition) is 0. The van der Waals surface area contributed by atoms with E-state index in [4.69, 9.17) is 4.98 Å². The highest BCUT2D eigenvalue weighted by molar-refractivity contribution is 7.15. The number of thiazole rings is 1. The first-order valence-electron chi connectivity index (χ1n) is 5.56. The minimum Gasteiger partial charge on any atom is -0.236 e. The molecule has 0 bridgehead atoms. The van der Waals surface area contributed by atoms with Gasteiger partial charge >= 0.3 is 0 Å². The zero-order chi connectivity index (χ0) is 11.0. The molecule has 0 radical (unpaired) electrons. The standard InChI is InChI=1S/C14H13NS/c1-10-5-4-6-11(9-10)14-15-12-7-2-3-8-13(12)16-14/h2,4-7,9H,3,8H2,1H3. The molecule has 16 heavy (non-hydrogen) atoms. The second kappa shape index (κ2) is 3.87. The van der Waals surface area contributed by atoms with Gasteiger partial charge in [0.1, 0.15) is 5.01 Å². The average molecular weight is 227 g/mol. The minimum atomic E-state index is 1.15. The Morgan fingerprint density at radius 3 is 3.06 bits per heavy atom. The molecule has 0 aliphatic heterocycles. The van der Waals surface area contributed by atoms with E-state index in [9.17, 15) is 0 Å². The maximum absolute atomic E-state index is 4.69. The molecule has 2 heteroatoms. The molecule has 1 nitrogen and oxygen atoms in total. The molecule has 0 atom stereocenters. The molecule has 0 spiro atoms. The lowest BCUT2D eigenvalue weighted by atomic mass is 10.1. The summed E-state index contributed by atoms with van der Waals surface area (Å²) >= 11 is 1.83. The van der Waals surface area contributed by atoms with Gasteiger partial charge in [0.25, 0.3) is 0 Å². The summed E-state index contributed by atoms with van der Waals surface area (Å²) in [5, 5.41) is 1.15. The summed E-state index contributed by atoms with van der Waals surface area (Å²) in [5.41, 5.74) is 3.71. The fourth-order valence-electron chi connectivity index (χ4n) is 1.98. The highest BCUT2D eigenvalue weighted by atomic mass is 32.1. The third kappa shape index (κ3) is 1.69. The van der Waals surface area contributed by atoms with Gasteiger partial charge in [-0.3, -0.25) is 0 Å². The van der Waals surface area contributed by atoms with Gasteiger partial charge in [0.15, 0.2) is 0 Å². The van der Waals surface area contributed by atoms with Gasteiger partial charge in [0, 0.05) is 10.4 Å². The maximum atomic E-state index is 4.69. The summed E-state index contributed by atoms with van der Waals surface area (Å²) in [6.07, 6.45) is 6.66. The highest BCUT2D eigenvalue weighted by Gasteiger charge is 2.12. The van der Waals surface area contributed by atoms with Crippen LogP contribution in [0.1, 0.15) is 22.6 Å². The van der Waals surface area contributed by atoms with Crippen LogP contribution in [0.25, 0.3) is 16.6 Å². The van der Waals surface area contributed by atoms with Crippen molar-refractivity contribution >= 4 is 17.4 Å². The van der Waals surface area contributed by atoms with E-state index in [0.717, 1.165) is 17.8 Å². The van der Waals surface area contributed by atoms with Crippen LogP contribution in [0.15, 0.2) is 30.3 Å². The van der Waals surface area contributed by atoms with Gasteiger partial charge in [-0.1, -0.05) is 29.8 Å². The summed E-state index contributed by atoms with van der Waals surface area (Å²) in [5.74, 6) is 0. The smallest absolute Gasteiger partial charge is 0.124 e. The summed E-state index contributed by atoms with van der Waals surface area (Å²) in [4.78, 5) is 6.12. The number of nitrogens with zero attached hydrogens (tertiary/aromatic N) is 1. The van der Waals surface area contributed by atoms with Crippen molar-refractivity contribution in [1.29, 1.82) is 0 Å². The van der Waals surface area contributed by atoms with Crippen LogP contribution in [-0.4, -0.2) is 4.98 Å². The molecule has 0 saturated heterocycles. The average Bonchev–Trinajstić information content (AvgIpc) is 2.72. The van der Waals surface area contributed by atoms with Gasteiger partial charge in [0.2, 0.25) is 0 Å². The third-order valence-electron chi connectivity index (χ3n) is 2.81. The Morgan fingerprint density at radius 1 is 1.31 bits per heavy atom. The van der Waals surface area contributed by atoms with Crippen molar-refractivity contribution in [2.45, 2.75) is 19.8 Å². The topological polar surface area (TPSA) is 12.9 Å². The fourth-order valence-corrected chi connectivity index (χ4v) is 3.04. The highest BCUT2D eigenvalue weighted by Crippen LogP contribution is 2.31. The second-order valence-electron chi connectivity index (χ2n) is 4.14. The number of aromatic nitrogens is 1. The Labute approximate surface area is 99.5 Å². The quantitative estimate of drug-likeness (QED) is 0.715. The first-order chi connectivity index (χ1) is 7.83. The molecule has 2 aromatic rings. The Morgan fingerprint density at radius 2 is 2.25 bits per heavy atom. The Hall–Kier alpha value is -1.41. The number of fused-ring (bicyclic) bond motifs is 1. The third-order valence-corrected chi connectivity index (χ3v) is 3.99. The summed E-state index contributed by atoms with van der Waals surface area (Å²) in [6, 6.07) is 8.56. The van der Waals surface area contributed by atoms with Crippen LogP contribution in [0.4, 0.5) is 0 Å². The molecule has 1 aliphatic carbocycles. The lowest BCUT2D eigenvalue weighted by Gasteiger charge is -1.99. The minimum absolute atomic E-state index is 1.15. The van der Waals surface area contributed by atoms with E-state index in [-0.39, 0.29) is 0 Å². The largest absolute Gasteiger partial charge is 0.236 e. The lowest BCUT2D eigenvalue weighted by Crippen LogP contribution is -1.88. The fraction of sp³-hybridized carbons (Fsp3) is 0.214. The van der Waals surface area contributed by atoms with E-state index in [1.165, 1.54) is 21.7 Å². The molecule has 0 fully saturated rings. The van der Waals surface area contributed by atoms with E-state index in [0.29, 0.717) is 0 Å². The first-order valence-corrected chi connectivity index (χ1v) is 6.38. The second-order valence-corrected chi connectivity index (χ2v) is 5.22. The Balaban J connectivity index is 2.07. The molecule has 80 valence electrons. The first kappa shape index (κ1) is 9.79. The number of hydrogen-bond acceptors (Lipinski definition) is 2. The molecule has 1 aromatic carbocycles. The van der Waals surface area contributed by atoms with Crippen LogP contribution in [0.2, 0.25) is 0 Å². The van der Waals surface area contributed by atoms with Crippen molar-refractivity contribution in [1.82, 2.24) is 4.98 Å². The van der Waals surface area contributed by atoms with E-state index in [1.54, 1.807) is 0 Å². The van der Waals surface area contributed by atoms with Crippen LogP contribution >= 0.6 is 11.3 Å². The van der Waals surface area contributed by atoms with Crippen LogP contribution < -0.4 is 0 Å². The van der Waals surface area contributed by atoms with Crippen molar-refractivity contribution in [2.24, 2.45) is 0 Å². The molecule has 0 N–H and O–H groups in total. The van der Waals surface area contributed by atoms with Crippen LogP contribution in [0.3, 0.4) is 0 Å². The van der Waals surface area contributed by atoms with Gasteiger partial charge in [0.05, 0.1) is 5.69 Å². The van der Waals surface area contributed by atoms with Crippen molar-refractivity contribution in [3.8, 4) is 10.6 Å². The SMILES string of the molecule is Cc1cccc(-c2nc3c(s2)CCC=C3)c1. The predicted octanol–water partition coefficient (Wildman–Crippen LogP) is 4.08. The number of benzene rings is 1. The maximum Gasteiger partial charge on any atom is 0.124 e. The van der Waals surface area contributed by atoms with Crippen molar-refractivity contribution < 1.29 is 0 Å². The molecule has 0 amide bonds. The van der Waals surface area contributed by atoms with E-state index < -0.39 is 0 Å². The molecule has 0 saturated carbocycles. The molecule has 1 aromatic heterocycles. The lowest BCUT2D eigenvalue weighted by molar-refractivity contribution is 1.00. The van der Waals surface area contributed by atoms with Crippen molar-refractivity contribution in [2.75, 3.05) is 0 Å². The number of allylic oxidation sites excluding steroid dienone is 1.